The minimum absolute atomic E-state index is 0.778. The Morgan fingerprint density at radius 2 is 1.29 bits per heavy atom. The van der Waals surface area contributed by atoms with E-state index in [9.17, 15) is 4.79 Å². The summed E-state index contributed by atoms with van der Waals surface area (Å²) in [5, 5.41) is 0. The Morgan fingerprint density at radius 1 is 0.857 bits per heavy atom. The van der Waals surface area contributed by atoms with Crippen LogP contribution in [0.15, 0.2) is 6.58 Å². The van der Waals surface area contributed by atoms with Crippen molar-refractivity contribution in [3.63, 3.8) is 0 Å². The van der Waals surface area contributed by atoms with Gasteiger partial charge in [-0.2, -0.15) is 0 Å². The van der Waals surface area contributed by atoms with E-state index in [1.54, 1.807) is 6.08 Å². The van der Waals surface area contributed by atoms with Crippen molar-refractivity contribution in [3.05, 3.63) is 40.0 Å². The average Bonchev–Trinajstić information content (AvgIpc) is 2.20. The number of rotatable bonds is 2. The van der Waals surface area contributed by atoms with Crippen molar-refractivity contribution in [1.82, 2.24) is 0 Å². The van der Waals surface area contributed by atoms with Crippen molar-refractivity contribution in [3.8, 4) is 0 Å². The summed E-state index contributed by atoms with van der Waals surface area (Å²) < 4.78 is 0. The van der Waals surface area contributed by atoms with Crippen LogP contribution in [0.2, 0.25) is 0 Å². The van der Waals surface area contributed by atoms with Crippen LogP contribution in [0.5, 0.6) is 0 Å². The molecule has 1 rings (SSSR count). The highest BCUT2D eigenvalue weighted by Gasteiger charge is 2.11. The Kier molecular flexibility index (Phi) is 2.90. The van der Waals surface area contributed by atoms with E-state index < -0.39 is 0 Å². The lowest BCUT2D eigenvalue weighted by Crippen LogP contribution is -2.01. The zero-order chi connectivity index (χ0) is 10.9. The minimum Gasteiger partial charge on any atom is -0.298 e. The van der Waals surface area contributed by atoms with Crippen LogP contribution in [-0.4, -0.2) is 6.29 Å². The van der Waals surface area contributed by atoms with Crippen LogP contribution in [0.4, 0.5) is 0 Å². The van der Waals surface area contributed by atoms with E-state index in [-0.39, 0.29) is 0 Å². The Bertz CT molecular complexity index is 361. The summed E-state index contributed by atoms with van der Waals surface area (Å²) in [6, 6.07) is 0. The molecule has 74 valence electrons. The molecule has 0 saturated carbocycles. The zero-order valence-corrected chi connectivity index (χ0v) is 9.27. The first kappa shape index (κ1) is 10.7. The highest BCUT2D eigenvalue weighted by molar-refractivity contribution is 5.86. The third kappa shape index (κ3) is 1.39. The van der Waals surface area contributed by atoms with Gasteiger partial charge in [-0.15, -0.1) is 0 Å². The van der Waals surface area contributed by atoms with Crippen LogP contribution in [-0.2, 0) is 0 Å². The second kappa shape index (κ2) is 3.79. The maximum absolute atomic E-state index is 11.0. The third-order valence-electron chi connectivity index (χ3n) is 3.11. The fourth-order valence-electron chi connectivity index (χ4n) is 1.79. The maximum Gasteiger partial charge on any atom is 0.150 e. The Balaban J connectivity index is 3.73. The van der Waals surface area contributed by atoms with Gasteiger partial charge in [0.15, 0.2) is 6.29 Å². The molecule has 0 spiro atoms. The van der Waals surface area contributed by atoms with E-state index in [0.717, 1.165) is 28.5 Å². The van der Waals surface area contributed by atoms with Gasteiger partial charge in [0.25, 0.3) is 0 Å². The van der Waals surface area contributed by atoms with E-state index in [0.29, 0.717) is 0 Å². The van der Waals surface area contributed by atoms with Crippen molar-refractivity contribution in [2.75, 3.05) is 0 Å². The lowest BCUT2D eigenvalue weighted by Gasteiger charge is -2.15. The summed E-state index contributed by atoms with van der Waals surface area (Å²) in [6.07, 6.45) is 2.68. The van der Waals surface area contributed by atoms with E-state index in [1.807, 2.05) is 13.8 Å². The van der Waals surface area contributed by atoms with Crippen LogP contribution in [0.3, 0.4) is 0 Å². The fraction of sp³-hybridized carbons (Fsp3) is 0.308. The fourth-order valence-corrected chi connectivity index (χ4v) is 1.79. The molecule has 0 aliphatic carbocycles. The number of aldehydes is 1. The van der Waals surface area contributed by atoms with E-state index in [2.05, 4.69) is 20.4 Å². The Hall–Kier alpha value is -1.37. The number of benzene rings is 1. The molecule has 0 aliphatic rings. The van der Waals surface area contributed by atoms with Gasteiger partial charge in [-0.1, -0.05) is 12.7 Å². The summed E-state index contributed by atoms with van der Waals surface area (Å²) in [7, 11) is 0. The first-order chi connectivity index (χ1) is 6.54. The molecule has 1 nitrogen and oxygen atoms in total. The molecule has 0 N–H and O–H groups in total. The molecule has 0 unspecified atom stereocenters. The molecule has 0 radical (unpaired) electrons. The molecule has 1 aromatic rings. The summed E-state index contributed by atoms with van der Waals surface area (Å²) in [5.74, 6) is 0. The Morgan fingerprint density at radius 3 is 1.64 bits per heavy atom. The minimum atomic E-state index is 0.778. The van der Waals surface area contributed by atoms with Gasteiger partial charge >= 0.3 is 0 Å². The SMILES string of the molecule is C=Cc1c(C)c(C)c(C)c(C)c1C=O. The molecule has 1 aromatic carbocycles. The summed E-state index contributed by atoms with van der Waals surface area (Å²) in [4.78, 5) is 11.0. The largest absolute Gasteiger partial charge is 0.298 e. The van der Waals surface area contributed by atoms with Crippen LogP contribution in [0.1, 0.15) is 38.2 Å². The summed E-state index contributed by atoms with van der Waals surface area (Å²) in [5.41, 5.74) is 6.43. The molecular weight excluding hydrogens is 172 g/mol. The molecule has 0 bridgehead atoms. The van der Waals surface area contributed by atoms with Crippen molar-refractivity contribution < 1.29 is 4.79 Å². The predicted molar refractivity (Wildman–Crippen MR) is 60.9 cm³/mol. The van der Waals surface area contributed by atoms with Gasteiger partial charge in [-0.25, -0.2) is 0 Å². The second-order valence-corrected chi connectivity index (χ2v) is 3.65. The highest BCUT2D eigenvalue weighted by atomic mass is 16.1. The molecule has 14 heavy (non-hydrogen) atoms. The molecule has 0 aliphatic heterocycles. The molecule has 0 fully saturated rings. The molecule has 0 saturated heterocycles. The number of carbonyl (C=O) groups excluding carboxylic acids is 1. The first-order valence-electron chi connectivity index (χ1n) is 4.72. The first-order valence-corrected chi connectivity index (χ1v) is 4.72. The van der Waals surface area contributed by atoms with Gasteiger partial charge in [0.1, 0.15) is 0 Å². The molecule has 0 atom stereocenters. The smallest absolute Gasteiger partial charge is 0.150 e. The molecular formula is C13H16O. The predicted octanol–water partition coefficient (Wildman–Crippen LogP) is 3.38. The number of hydrogen-bond donors (Lipinski definition) is 0. The van der Waals surface area contributed by atoms with Crippen LogP contribution in [0, 0.1) is 27.7 Å². The molecule has 0 amide bonds. The van der Waals surface area contributed by atoms with E-state index in [4.69, 9.17) is 0 Å². The molecule has 0 heterocycles. The van der Waals surface area contributed by atoms with E-state index >= 15 is 0 Å². The van der Waals surface area contributed by atoms with Crippen molar-refractivity contribution in [2.24, 2.45) is 0 Å². The van der Waals surface area contributed by atoms with Gasteiger partial charge in [0.05, 0.1) is 0 Å². The van der Waals surface area contributed by atoms with Crippen LogP contribution >= 0.6 is 0 Å². The Labute approximate surface area is 85.5 Å². The summed E-state index contributed by atoms with van der Waals surface area (Å²) in [6.45, 7) is 11.9. The monoisotopic (exact) mass is 188 g/mol. The van der Waals surface area contributed by atoms with E-state index in [1.165, 1.54) is 11.1 Å². The van der Waals surface area contributed by atoms with Gasteiger partial charge in [-0.3, -0.25) is 4.79 Å². The maximum atomic E-state index is 11.0. The van der Waals surface area contributed by atoms with Crippen molar-refractivity contribution >= 4 is 12.4 Å². The quantitative estimate of drug-likeness (QED) is 0.650. The topological polar surface area (TPSA) is 17.1 Å². The van der Waals surface area contributed by atoms with Crippen molar-refractivity contribution in [1.29, 1.82) is 0 Å². The third-order valence-corrected chi connectivity index (χ3v) is 3.11. The molecule has 0 aromatic heterocycles. The van der Waals surface area contributed by atoms with Crippen LogP contribution < -0.4 is 0 Å². The van der Waals surface area contributed by atoms with Crippen molar-refractivity contribution in [2.45, 2.75) is 27.7 Å². The van der Waals surface area contributed by atoms with Gasteiger partial charge in [-0.05, 0) is 55.5 Å². The zero-order valence-electron chi connectivity index (χ0n) is 9.27. The lowest BCUT2D eigenvalue weighted by atomic mass is 9.89. The van der Waals surface area contributed by atoms with Crippen LogP contribution in [0.25, 0.3) is 6.08 Å². The average molecular weight is 188 g/mol. The number of hydrogen-bond acceptors (Lipinski definition) is 1. The lowest BCUT2D eigenvalue weighted by molar-refractivity contribution is 0.112. The standard InChI is InChI=1S/C13H16O/c1-6-12-10(4)8(2)9(3)11(5)13(12)7-14/h6-7H,1H2,2-5H3. The highest BCUT2D eigenvalue weighted by Crippen LogP contribution is 2.25. The summed E-state index contributed by atoms with van der Waals surface area (Å²) >= 11 is 0. The molecule has 1 heteroatoms. The van der Waals surface area contributed by atoms with Gasteiger partial charge < -0.3 is 0 Å². The van der Waals surface area contributed by atoms with Gasteiger partial charge in [0.2, 0.25) is 0 Å². The second-order valence-electron chi connectivity index (χ2n) is 3.65. The number of carbonyl (C=O) groups is 1. The van der Waals surface area contributed by atoms with Gasteiger partial charge in [0, 0.05) is 5.56 Å². The normalized spacial score (nSPS) is 10.0.